The zero-order valence-corrected chi connectivity index (χ0v) is 18.8. The molecule has 1 saturated heterocycles. The van der Waals surface area contributed by atoms with Gasteiger partial charge in [0.05, 0.1) is 6.42 Å². The highest BCUT2D eigenvalue weighted by molar-refractivity contribution is 5.99. The lowest BCUT2D eigenvalue weighted by Crippen LogP contribution is -2.72. The highest BCUT2D eigenvalue weighted by Crippen LogP contribution is 2.24. The van der Waals surface area contributed by atoms with Crippen molar-refractivity contribution in [1.29, 1.82) is 0 Å². The molecule has 0 spiro atoms. The second-order valence-corrected chi connectivity index (χ2v) is 8.14. The van der Waals surface area contributed by atoms with Crippen LogP contribution in [0.1, 0.15) is 17.5 Å². The average Bonchev–Trinajstić information content (AvgIpc) is 2.79. The normalized spacial score (nSPS) is 17.9. The summed E-state index contributed by atoms with van der Waals surface area (Å²) < 4.78 is 5.02. The van der Waals surface area contributed by atoms with E-state index in [1.165, 1.54) is 48.5 Å². The maximum absolute atomic E-state index is 13.0. The number of rotatable bonds is 11. The van der Waals surface area contributed by atoms with Gasteiger partial charge >= 0.3 is 12.1 Å². The van der Waals surface area contributed by atoms with Gasteiger partial charge in [-0.15, -0.1) is 0 Å². The topological polar surface area (TPSA) is 217 Å². The lowest BCUT2D eigenvalue weighted by Gasteiger charge is -2.40. The molecule has 0 unspecified atom stereocenters. The number of hydrogen-bond donors (Lipinski definition) is 7. The van der Waals surface area contributed by atoms with E-state index < -0.39 is 54.0 Å². The van der Waals surface area contributed by atoms with Crippen LogP contribution in [0.15, 0.2) is 48.5 Å². The SMILES string of the molecule is NC(=O)[C@H](Cc1ccc(O)cc1)NC(=O)[C@H](CC(=O)O)NC(=O)[C@]1(Cc2ccc(O)cc2)NC(=O)O1. The Kier molecular flexibility index (Phi) is 7.62. The maximum Gasteiger partial charge on any atom is 0.413 e. The number of aliphatic carboxylic acids is 1. The number of hydrogen-bond acceptors (Lipinski definition) is 8. The Morgan fingerprint density at radius 1 is 0.917 bits per heavy atom. The lowest BCUT2D eigenvalue weighted by atomic mass is 9.98. The quantitative estimate of drug-likeness (QED) is 0.206. The first kappa shape index (κ1) is 25.8. The van der Waals surface area contributed by atoms with Gasteiger partial charge in [-0.25, -0.2) is 4.79 Å². The fourth-order valence-corrected chi connectivity index (χ4v) is 3.51. The molecule has 8 N–H and O–H groups in total. The van der Waals surface area contributed by atoms with Crippen LogP contribution in [0.2, 0.25) is 0 Å². The Morgan fingerprint density at radius 3 is 1.92 bits per heavy atom. The third kappa shape index (κ3) is 6.40. The molecule has 1 fully saturated rings. The largest absolute Gasteiger partial charge is 0.508 e. The molecule has 1 aliphatic heterocycles. The molecule has 1 aliphatic rings. The van der Waals surface area contributed by atoms with Crippen molar-refractivity contribution < 1.29 is 44.0 Å². The molecule has 4 amide bonds. The zero-order chi connectivity index (χ0) is 26.5. The first-order valence-electron chi connectivity index (χ1n) is 10.7. The van der Waals surface area contributed by atoms with E-state index in [4.69, 9.17) is 10.5 Å². The second kappa shape index (κ2) is 10.6. The van der Waals surface area contributed by atoms with E-state index in [0.29, 0.717) is 11.1 Å². The summed E-state index contributed by atoms with van der Waals surface area (Å²) in [5.74, 6) is -4.35. The van der Waals surface area contributed by atoms with Crippen LogP contribution in [-0.2, 0) is 36.8 Å². The first-order valence-corrected chi connectivity index (χ1v) is 10.7. The van der Waals surface area contributed by atoms with Crippen molar-refractivity contribution in [1.82, 2.24) is 16.0 Å². The van der Waals surface area contributed by atoms with Crippen molar-refractivity contribution in [2.75, 3.05) is 0 Å². The third-order valence-electron chi connectivity index (χ3n) is 5.36. The molecule has 190 valence electrons. The Labute approximate surface area is 204 Å². The predicted molar refractivity (Wildman–Crippen MR) is 121 cm³/mol. The predicted octanol–water partition coefficient (Wildman–Crippen LogP) is -0.751. The van der Waals surface area contributed by atoms with Crippen molar-refractivity contribution >= 4 is 29.8 Å². The summed E-state index contributed by atoms with van der Waals surface area (Å²) in [6, 6.07) is 8.58. The molecule has 0 bridgehead atoms. The third-order valence-corrected chi connectivity index (χ3v) is 5.36. The van der Waals surface area contributed by atoms with Crippen LogP contribution in [0, 0.1) is 0 Å². The smallest absolute Gasteiger partial charge is 0.413 e. The molecule has 13 heteroatoms. The van der Waals surface area contributed by atoms with Crippen LogP contribution in [0.25, 0.3) is 0 Å². The van der Waals surface area contributed by atoms with Crippen molar-refractivity contribution in [3.05, 3.63) is 59.7 Å². The molecule has 2 aromatic rings. The van der Waals surface area contributed by atoms with Gasteiger partial charge in [-0.3, -0.25) is 24.5 Å². The minimum Gasteiger partial charge on any atom is -0.508 e. The fourth-order valence-electron chi connectivity index (χ4n) is 3.51. The number of phenolic OH excluding ortho intramolecular Hbond substituents is 2. The van der Waals surface area contributed by atoms with Gasteiger partial charge in [-0.1, -0.05) is 24.3 Å². The number of carboxylic acids is 1. The summed E-state index contributed by atoms with van der Waals surface area (Å²) in [4.78, 5) is 60.7. The summed E-state index contributed by atoms with van der Waals surface area (Å²) in [7, 11) is 0. The summed E-state index contributed by atoms with van der Waals surface area (Å²) >= 11 is 0. The standard InChI is InChI=1S/C23H24N4O9/c24-19(32)16(9-12-1-5-14(28)6-2-12)25-20(33)17(10-18(30)31)26-21(34)23(27-22(35)36-23)11-13-3-7-15(29)8-4-13/h1-8,16-17,28-29H,9-11H2,(H2,24,32)(H,25,33)(H,26,34)(H,27,35)(H,30,31)/t16-,17-,23+/m0/s1. The summed E-state index contributed by atoms with van der Waals surface area (Å²) in [5, 5.41) is 35.0. The Morgan fingerprint density at radius 2 is 1.44 bits per heavy atom. The minimum absolute atomic E-state index is 0.00539. The Balaban J connectivity index is 1.74. The molecule has 0 radical (unpaired) electrons. The summed E-state index contributed by atoms with van der Waals surface area (Å²) in [6.45, 7) is 0. The Bertz CT molecular complexity index is 1160. The molecular weight excluding hydrogens is 476 g/mol. The summed E-state index contributed by atoms with van der Waals surface area (Å²) in [6.07, 6.45) is -1.98. The van der Waals surface area contributed by atoms with Gasteiger partial charge < -0.3 is 36.4 Å². The van der Waals surface area contributed by atoms with Gasteiger partial charge in [0.15, 0.2) is 0 Å². The number of carboxylic acid groups (broad SMARTS) is 1. The number of nitrogens with one attached hydrogen (secondary N) is 3. The van der Waals surface area contributed by atoms with E-state index in [-0.39, 0.29) is 24.3 Å². The average molecular weight is 500 g/mol. The van der Waals surface area contributed by atoms with Gasteiger partial charge in [0.1, 0.15) is 23.6 Å². The number of carbonyl (C=O) groups is 5. The van der Waals surface area contributed by atoms with Gasteiger partial charge in [0.2, 0.25) is 11.8 Å². The van der Waals surface area contributed by atoms with Gasteiger partial charge in [-0.2, -0.15) is 0 Å². The molecule has 3 rings (SSSR count). The van der Waals surface area contributed by atoms with Crippen LogP contribution in [0.3, 0.4) is 0 Å². The summed E-state index contributed by atoms with van der Waals surface area (Å²) in [5.41, 5.74) is 4.51. The van der Waals surface area contributed by atoms with Crippen LogP contribution >= 0.6 is 0 Å². The zero-order valence-electron chi connectivity index (χ0n) is 18.8. The molecule has 0 saturated carbocycles. The number of aromatic hydroxyl groups is 2. The van der Waals surface area contributed by atoms with E-state index in [0.717, 1.165) is 0 Å². The van der Waals surface area contributed by atoms with Gasteiger partial charge in [0.25, 0.3) is 11.6 Å². The van der Waals surface area contributed by atoms with Crippen LogP contribution in [-0.4, -0.2) is 62.9 Å². The lowest BCUT2D eigenvalue weighted by molar-refractivity contribution is -0.157. The molecule has 2 aromatic carbocycles. The van der Waals surface area contributed by atoms with E-state index >= 15 is 0 Å². The van der Waals surface area contributed by atoms with Crippen LogP contribution in [0.4, 0.5) is 4.79 Å². The van der Waals surface area contributed by atoms with Crippen molar-refractivity contribution in [2.24, 2.45) is 5.73 Å². The fraction of sp³-hybridized carbons (Fsp3) is 0.261. The van der Waals surface area contributed by atoms with Crippen LogP contribution in [0.5, 0.6) is 11.5 Å². The number of amides is 4. The molecule has 1 heterocycles. The van der Waals surface area contributed by atoms with E-state index in [1.807, 2.05) is 0 Å². The number of ether oxygens (including phenoxy) is 1. The number of phenols is 2. The number of primary amides is 1. The van der Waals surface area contributed by atoms with Crippen molar-refractivity contribution in [2.45, 2.75) is 37.1 Å². The molecule has 36 heavy (non-hydrogen) atoms. The minimum atomic E-state index is -1.92. The molecular formula is C23H24N4O9. The molecule has 13 nitrogen and oxygen atoms in total. The highest BCUT2D eigenvalue weighted by atomic mass is 16.6. The maximum atomic E-state index is 13.0. The molecule has 0 aliphatic carbocycles. The van der Waals surface area contributed by atoms with Crippen molar-refractivity contribution in [3.63, 3.8) is 0 Å². The Hall–Kier alpha value is -4.81. The van der Waals surface area contributed by atoms with Gasteiger partial charge in [0, 0.05) is 12.8 Å². The number of benzene rings is 2. The molecule has 3 atom stereocenters. The second-order valence-electron chi connectivity index (χ2n) is 8.14. The van der Waals surface area contributed by atoms with Gasteiger partial charge in [-0.05, 0) is 35.4 Å². The monoisotopic (exact) mass is 500 g/mol. The van der Waals surface area contributed by atoms with E-state index in [9.17, 15) is 39.3 Å². The number of cyclic esters (lactones) is 1. The van der Waals surface area contributed by atoms with E-state index in [2.05, 4.69) is 16.0 Å². The highest BCUT2D eigenvalue weighted by Gasteiger charge is 2.53. The number of nitrogens with two attached hydrogens (primary N) is 1. The van der Waals surface area contributed by atoms with E-state index in [1.54, 1.807) is 0 Å². The van der Waals surface area contributed by atoms with Crippen molar-refractivity contribution in [3.8, 4) is 11.5 Å². The number of carbonyl (C=O) groups excluding carboxylic acids is 4. The molecule has 0 aromatic heterocycles. The first-order chi connectivity index (χ1) is 17.0. The van der Waals surface area contributed by atoms with Crippen LogP contribution < -0.4 is 21.7 Å².